The van der Waals surface area contributed by atoms with Gasteiger partial charge in [0.2, 0.25) is 5.95 Å². The number of rotatable bonds is 4. The third kappa shape index (κ3) is 3.80. The van der Waals surface area contributed by atoms with E-state index in [4.69, 9.17) is 28.3 Å². The fraction of sp³-hybridized carbons (Fsp3) is 0.100. The van der Waals surface area contributed by atoms with Gasteiger partial charge in [-0.2, -0.15) is 4.98 Å². The molecule has 3 aromatic rings. The van der Waals surface area contributed by atoms with Crippen LogP contribution in [0.3, 0.4) is 0 Å². The van der Waals surface area contributed by atoms with Crippen molar-refractivity contribution in [2.45, 2.75) is 6.54 Å². The highest BCUT2D eigenvalue weighted by molar-refractivity contribution is 6.41. The Hall–Kier alpha value is -3.56. The van der Waals surface area contributed by atoms with Crippen LogP contribution in [-0.2, 0) is 6.54 Å². The summed E-state index contributed by atoms with van der Waals surface area (Å²) >= 11 is 12.4. The van der Waals surface area contributed by atoms with E-state index in [1.54, 1.807) is 25.4 Å². The molecule has 31 heavy (non-hydrogen) atoms. The summed E-state index contributed by atoms with van der Waals surface area (Å²) < 4.78 is 0. The van der Waals surface area contributed by atoms with Gasteiger partial charge < -0.3 is 15.5 Å². The predicted molar refractivity (Wildman–Crippen MR) is 117 cm³/mol. The largest absolute Gasteiger partial charge is 0.506 e. The number of aromatic nitrogens is 2. The molecule has 0 bridgehead atoms. The standard InChI is InChI=1S/C20H15Cl2N5O4/c1-26-17-11(9-27(20(26)31)16-13(21)5-6-14(28)15(16)22)8-23-19(25-17)24-12-4-2-3-10(7-12)18(29)30/h2-8,28H,9H2,1H3,(H,29,30)(H,23,24,25). The first-order valence-electron chi connectivity index (χ1n) is 8.94. The smallest absolute Gasteiger partial charge is 0.335 e. The molecule has 2 amide bonds. The molecule has 0 unspecified atom stereocenters. The number of phenols is 1. The predicted octanol–water partition coefficient (Wildman–Crippen LogP) is 4.51. The van der Waals surface area contributed by atoms with Gasteiger partial charge in [-0.25, -0.2) is 14.6 Å². The van der Waals surface area contributed by atoms with Crippen molar-refractivity contribution < 1.29 is 19.8 Å². The fourth-order valence-corrected chi connectivity index (χ4v) is 3.76. The monoisotopic (exact) mass is 459 g/mol. The molecule has 3 N–H and O–H groups in total. The van der Waals surface area contributed by atoms with E-state index in [-0.39, 0.29) is 39.5 Å². The van der Waals surface area contributed by atoms with Crippen molar-refractivity contribution in [3.05, 3.63) is 63.8 Å². The Labute approximate surface area is 186 Å². The van der Waals surface area contributed by atoms with Crippen molar-refractivity contribution >= 4 is 58.3 Å². The van der Waals surface area contributed by atoms with Crippen molar-refractivity contribution in [3.8, 4) is 5.75 Å². The van der Waals surface area contributed by atoms with Crippen molar-refractivity contribution in [2.75, 3.05) is 22.2 Å². The number of fused-ring (bicyclic) bond motifs is 1. The number of aromatic hydroxyl groups is 1. The van der Waals surface area contributed by atoms with Gasteiger partial charge in [0.25, 0.3) is 0 Å². The summed E-state index contributed by atoms with van der Waals surface area (Å²) in [5.74, 6) is -0.672. The van der Waals surface area contributed by atoms with Crippen LogP contribution in [0, 0.1) is 0 Å². The lowest BCUT2D eigenvalue weighted by Gasteiger charge is -2.34. The average Bonchev–Trinajstić information content (AvgIpc) is 2.75. The van der Waals surface area contributed by atoms with Crippen molar-refractivity contribution in [3.63, 3.8) is 0 Å². The molecule has 2 aromatic carbocycles. The number of hydrogen-bond acceptors (Lipinski definition) is 6. The lowest BCUT2D eigenvalue weighted by Crippen LogP contribution is -2.46. The number of benzene rings is 2. The maximum absolute atomic E-state index is 13.0. The Morgan fingerprint density at radius 1 is 1.23 bits per heavy atom. The lowest BCUT2D eigenvalue weighted by molar-refractivity contribution is 0.0697. The number of aromatic carboxylic acids is 1. The zero-order chi connectivity index (χ0) is 22.3. The Morgan fingerprint density at radius 2 is 2.00 bits per heavy atom. The molecule has 2 heterocycles. The molecule has 1 aromatic heterocycles. The molecule has 0 radical (unpaired) electrons. The molecular weight excluding hydrogens is 445 g/mol. The minimum absolute atomic E-state index is 0.0322. The Kier molecular flexibility index (Phi) is 5.30. The number of carbonyl (C=O) groups is 2. The van der Waals surface area contributed by atoms with Crippen molar-refractivity contribution in [1.29, 1.82) is 0 Å². The molecule has 158 valence electrons. The van der Waals surface area contributed by atoms with Crippen molar-refractivity contribution in [2.24, 2.45) is 0 Å². The first-order valence-corrected chi connectivity index (χ1v) is 9.70. The fourth-order valence-electron chi connectivity index (χ4n) is 3.18. The quantitative estimate of drug-likeness (QED) is 0.524. The van der Waals surface area contributed by atoms with Gasteiger partial charge in [0.15, 0.2) is 0 Å². The molecule has 0 fully saturated rings. The number of carboxylic acids is 1. The Morgan fingerprint density at radius 3 is 2.74 bits per heavy atom. The average molecular weight is 460 g/mol. The number of urea groups is 1. The number of carboxylic acid groups (broad SMARTS) is 1. The van der Waals surface area contributed by atoms with Crippen LogP contribution in [0.15, 0.2) is 42.6 Å². The van der Waals surface area contributed by atoms with Crippen LogP contribution >= 0.6 is 23.2 Å². The lowest BCUT2D eigenvalue weighted by atomic mass is 10.2. The number of hydrogen-bond donors (Lipinski definition) is 3. The molecule has 9 nitrogen and oxygen atoms in total. The normalized spacial score (nSPS) is 13.2. The molecule has 0 saturated carbocycles. The SMILES string of the molecule is CN1C(=O)N(c2c(Cl)ccc(O)c2Cl)Cc2cnc(Nc3cccc(C(=O)O)c3)nc21. The molecule has 0 saturated heterocycles. The third-order valence-electron chi connectivity index (χ3n) is 4.69. The minimum atomic E-state index is -1.05. The van der Waals surface area contributed by atoms with Crippen LogP contribution in [0.1, 0.15) is 15.9 Å². The second kappa shape index (κ2) is 7.93. The summed E-state index contributed by atoms with van der Waals surface area (Å²) in [6, 6.07) is 8.56. The summed E-state index contributed by atoms with van der Waals surface area (Å²) in [7, 11) is 1.54. The maximum atomic E-state index is 13.0. The topological polar surface area (TPSA) is 119 Å². The molecular formula is C20H15Cl2N5O4. The summed E-state index contributed by atoms with van der Waals surface area (Å²) in [6.45, 7) is 0.0934. The van der Waals surface area contributed by atoms with E-state index in [1.165, 1.54) is 34.1 Å². The number of phenolic OH excluding ortho intramolecular Hbond substituents is 1. The molecule has 1 aliphatic rings. The van der Waals surface area contributed by atoms with E-state index < -0.39 is 12.0 Å². The summed E-state index contributed by atoms with van der Waals surface area (Å²) in [6.07, 6.45) is 1.55. The number of nitrogens with one attached hydrogen (secondary N) is 1. The minimum Gasteiger partial charge on any atom is -0.506 e. The molecule has 11 heteroatoms. The Balaban J connectivity index is 1.66. The third-order valence-corrected chi connectivity index (χ3v) is 5.37. The van der Waals surface area contributed by atoms with Crippen LogP contribution in [0.4, 0.5) is 27.9 Å². The molecule has 4 rings (SSSR count). The van der Waals surface area contributed by atoms with Gasteiger partial charge >= 0.3 is 12.0 Å². The summed E-state index contributed by atoms with van der Waals surface area (Å²) in [5, 5.41) is 22.2. The first-order chi connectivity index (χ1) is 14.8. The summed E-state index contributed by atoms with van der Waals surface area (Å²) in [4.78, 5) is 35.5. The Bertz CT molecular complexity index is 1220. The number of nitrogens with zero attached hydrogens (tertiary/aromatic N) is 4. The van der Waals surface area contributed by atoms with E-state index in [2.05, 4.69) is 15.3 Å². The van der Waals surface area contributed by atoms with Gasteiger partial charge in [-0.1, -0.05) is 29.3 Å². The zero-order valence-electron chi connectivity index (χ0n) is 16.0. The van der Waals surface area contributed by atoms with Crippen LogP contribution in [0.2, 0.25) is 10.0 Å². The van der Waals surface area contributed by atoms with E-state index in [0.717, 1.165) is 0 Å². The molecule has 0 spiro atoms. The number of amides is 2. The van der Waals surface area contributed by atoms with E-state index >= 15 is 0 Å². The highest BCUT2D eigenvalue weighted by Crippen LogP contribution is 2.42. The van der Waals surface area contributed by atoms with Crippen LogP contribution in [0.25, 0.3) is 0 Å². The first kappa shape index (κ1) is 20.7. The van der Waals surface area contributed by atoms with Gasteiger partial charge in [0, 0.05) is 24.5 Å². The van der Waals surface area contributed by atoms with E-state index in [1.807, 2.05) is 0 Å². The highest BCUT2D eigenvalue weighted by atomic mass is 35.5. The van der Waals surface area contributed by atoms with E-state index in [0.29, 0.717) is 17.1 Å². The highest BCUT2D eigenvalue weighted by Gasteiger charge is 2.33. The summed E-state index contributed by atoms with van der Waals surface area (Å²) in [5.41, 5.74) is 1.43. The van der Waals surface area contributed by atoms with Gasteiger partial charge in [0.1, 0.15) is 16.6 Å². The number of carbonyl (C=O) groups excluding carboxylic acids is 1. The molecule has 1 aliphatic heterocycles. The van der Waals surface area contributed by atoms with Crippen LogP contribution in [-0.4, -0.2) is 39.2 Å². The van der Waals surface area contributed by atoms with Crippen molar-refractivity contribution in [1.82, 2.24) is 9.97 Å². The number of halogens is 2. The maximum Gasteiger partial charge on any atom is 0.335 e. The van der Waals surface area contributed by atoms with Gasteiger partial charge in [-0.15, -0.1) is 0 Å². The number of anilines is 4. The second-order valence-corrected chi connectivity index (χ2v) is 7.50. The van der Waals surface area contributed by atoms with Gasteiger partial charge in [-0.05, 0) is 30.3 Å². The van der Waals surface area contributed by atoms with Gasteiger partial charge in [0.05, 0.1) is 22.8 Å². The molecule has 0 aliphatic carbocycles. The van der Waals surface area contributed by atoms with Crippen LogP contribution in [0.5, 0.6) is 5.75 Å². The second-order valence-electron chi connectivity index (χ2n) is 6.71. The van der Waals surface area contributed by atoms with Gasteiger partial charge in [-0.3, -0.25) is 9.80 Å². The van der Waals surface area contributed by atoms with E-state index in [9.17, 15) is 14.7 Å². The van der Waals surface area contributed by atoms with Crippen LogP contribution < -0.4 is 15.1 Å². The molecule has 0 atom stereocenters. The zero-order valence-corrected chi connectivity index (χ0v) is 17.5.